The number of amidine groups is 1. The zero-order chi connectivity index (χ0) is 14.1. The summed E-state index contributed by atoms with van der Waals surface area (Å²) in [5.74, 6) is 1.65. The molecule has 1 aromatic heterocycles. The molecule has 6 nitrogen and oxygen atoms in total. The molecule has 0 saturated heterocycles. The highest BCUT2D eigenvalue weighted by molar-refractivity contribution is 5.89. The second-order valence-electron chi connectivity index (χ2n) is 3.76. The van der Waals surface area contributed by atoms with E-state index < -0.39 is 0 Å². The van der Waals surface area contributed by atoms with Crippen LogP contribution in [0, 0.1) is 0 Å². The summed E-state index contributed by atoms with van der Waals surface area (Å²) in [6.07, 6.45) is 1.95. The highest BCUT2D eigenvalue weighted by atomic mass is 15.4. The van der Waals surface area contributed by atoms with Gasteiger partial charge in [-0.3, -0.25) is 0 Å². The fourth-order valence-electron chi connectivity index (χ4n) is 1.02. The molecule has 0 amide bonds. The van der Waals surface area contributed by atoms with Gasteiger partial charge in [0.1, 0.15) is 27.5 Å². The summed E-state index contributed by atoms with van der Waals surface area (Å²) in [7, 11) is 7.20. The van der Waals surface area contributed by atoms with E-state index in [0.29, 0.717) is 0 Å². The Balaban J connectivity index is 0. The van der Waals surface area contributed by atoms with Crippen LogP contribution in [0.15, 0.2) is 23.3 Å². The Morgan fingerprint density at radius 1 is 1.32 bits per heavy atom. The van der Waals surface area contributed by atoms with Crippen LogP contribution < -0.4 is 0 Å². The Hall–Kier alpha value is -2.11. The first-order valence-electron chi connectivity index (χ1n) is 5.43. The zero-order valence-electron chi connectivity index (χ0n) is 11.8. The molecule has 0 aliphatic rings. The average molecular weight is 266 g/mol. The molecule has 108 valence electrons. The summed E-state index contributed by atoms with van der Waals surface area (Å²) in [5, 5.41) is 0. The fraction of sp³-hybridized carbons (Fsp3) is 0.462. The maximum atomic E-state index is 4.10. The average Bonchev–Trinajstić information content (AvgIpc) is 2.63. The van der Waals surface area contributed by atoms with Gasteiger partial charge in [0.05, 0.1) is 0 Å². The van der Waals surface area contributed by atoms with E-state index in [1.165, 1.54) is 9.37 Å². The molecule has 0 atom stereocenters. The summed E-state index contributed by atoms with van der Waals surface area (Å²) in [6, 6.07) is 3.88. The van der Waals surface area contributed by atoms with Crippen molar-refractivity contribution in [2.45, 2.75) is 14.4 Å². The largest absolute Gasteiger partial charge is 0.468 e. The number of aliphatic imine (C=N–C) groups is 1. The lowest BCUT2D eigenvalue weighted by Crippen LogP contribution is -2.00. The van der Waals surface area contributed by atoms with Crippen molar-refractivity contribution >= 4 is 25.1 Å². The third-order valence-electron chi connectivity index (χ3n) is 1.83. The minimum atomic E-state index is 0. The molecular formula is C13H26N6. The third-order valence-corrected chi connectivity index (χ3v) is 1.83. The number of rotatable bonds is 3. The number of hydrogen-bond acceptors (Lipinski definition) is 1. The van der Waals surface area contributed by atoms with Crippen LogP contribution in [0.1, 0.15) is 14.4 Å². The van der Waals surface area contributed by atoms with Crippen molar-refractivity contribution in [3.8, 4) is 0 Å². The van der Waals surface area contributed by atoms with E-state index in [0.717, 1.165) is 11.7 Å². The van der Waals surface area contributed by atoms with Crippen molar-refractivity contribution < 1.29 is 9.37 Å². The molecule has 19 heavy (non-hydrogen) atoms. The Morgan fingerprint density at radius 2 is 1.89 bits per heavy atom. The number of aromatic nitrogens is 1. The van der Waals surface area contributed by atoms with Crippen molar-refractivity contribution in [3.63, 3.8) is 0 Å². The number of nitrogens with zero attached hydrogens (tertiary/aromatic N) is 6. The highest BCUT2D eigenvalue weighted by Gasteiger charge is 1.87. The van der Waals surface area contributed by atoms with Crippen LogP contribution in [0.4, 0.5) is 5.82 Å². The monoisotopic (exact) mass is 266 g/mol. The van der Waals surface area contributed by atoms with Crippen LogP contribution in [0.2, 0.25) is 0 Å². The standard InChI is InChI=1S/C7H11N3.C5H11N3.CH4/c1-9(2)8-7-5-4-6-10(7)3;1-5(6-2)7-8(3)4;/h4-6H,1H2,2-3H3;3H2,1-2,4H3;1H4. The van der Waals surface area contributed by atoms with E-state index in [4.69, 9.17) is 0 Å². The molecule has 0 aliphatic carbocycles. The maximum absolute atomic E-state index is 4.10. The van der Waals surface area contributed by atoms with Gasteiger partial charge in [-0.1, -0.05) is 39.9 Å². The second kappa shape index (κ2) is 9.87. The van der Waals surface area contributed by atoms with Crippen LogP contribution in [0.25, 0.3) is 10.9 Å². The van der Waals surface area contributed by atoms with Crippen LogP contribution in [0.5, 0.6) is 0 Å². The molecule has 0 fully saturated rings. The van der Waals surface area contributed by atoms with Crippen LogP contribution in [0.3, 0.4) is 0 Å². The lowest BCUT2D eigenvalue weighted by Gasteiger charge is -2.08. The number of aryl methyl sites for hydroxylation is 1. The Labute approximate surface area is 116 Å². The normalized spacial score (nSPS) is 9.63. The van der Waals surface area contributed by atoms with Crippen molar-refractivity contribution in [2.75, 3.05) is 21.1 Å². The lowest BCUT2D eigenvalue weighted by atomic mass is 10.6. The summed E-state index contributed by atoms with van der Waals surface area (Å²) in [4.78, 5) is 3.80. The van der Waals surface area contributed by atoms with E-state index in [-0.39, 0.29) is 7.43 Å². The molecule has 1 rings (SSSR count). The SMILES string of the molecule is C.C=[N+](C)[N-]C(C)=NC.C=[N+](C)[N-]c1cccn1C. The van der Waals surface area contributed by atoms with Gasteiger partial charge in [-0.15, -0.1) is 0 Å². The van der Waals surface area contributed by atoms with Crippen LogP contribution in [-0.2, 0) is 7.05 Å². The predicted molar refractivity (Wildman–Crippen MR) is 84.2 cm³/mol. The zero-order valence-corrected chi connectivity index (χ0v) is 11.8. The van der Waals surface area contributed by atoms with Crippen molar-refractivity contribution in [3.05, 3.63) is 29.2 Å². The van der Waals surface area contributed by atoms with Crippen LogP contribution >= 0.6 is 0 Å². The lowest BCUT2D eigenvalue weighted by molar-refractivity contribution is -0.428. The van der Waals surface area contributed by atoms with Gasteiger partial charge < -0.3 is 9.56 Å². The summed E-state index contributed by atoms with van der Waals surface area (Å²) in [5.41, 5.74) is 7.97. The van der Waals surface area contributed by atoms with Gasteiger partial charge in [-0.25, -0.2) is 10.9 Å². The van der Waals surface area contributed by atoms with E-state index in [2.05, 4.69) is 29.3 Å². The minimum absolute atomic E-state index is 0. The first-order chi connectivity index (χ1) is 8.36. The van der Waals surface area contributed by atoms with Gasteiger partial charge in [0.2, 0.25) is 0 Å². The molecule has 0 unspecified atom stereocenters. The predicted octanol–water partition coefficient (Wildman–Crippen LogP) is 2.59. The molecule has 0 saturated carbocycles. The van der Waals surface area contributed by atoms with Gasteiger partial charge in [-0.2, -0.15) is 9.37 Å². The van der Waals surface area contributed by atoms with Crippen molar-refractivity contribution in [1.29, 1.82) is 0 Å². The van der Waals surface area contributed by atoms with E-state index in [1.807, 2.05) is 36.9 Å². The molecule has 0 radical (unpaired) electrons. The van der Waals surface area contributed by atoms with Gasteiger partial charge in [0, 0.05) is 5.82 Å². The Bertz CT molecular complexity index is 430. The first kappa shape index (κ1) is 19.2. The van der Waals surface area contributed by atoms with Crippen molar-refractivity contribution in [2.24, 2.45) is 12.0 Å². The van der Waals surface area contributed by atoms with Gasteiger partial charge in [-0.05, 0) is 12.8 Å². The quantitative estimate of drug-likeness (QED) is 0.349. The van der Waals surface area contributed by atoms with E-state index in [1.54, 1.807) is 21.1 Å². The van der Waals surface area contributed by atoms with Gasteiger partial charge >= 0.3 is 0 Å². The molecule has 0 bridgehead atoms. The van der Waals surface area contributed by atoms with E-state index >= 15 is 0 Å². The Morgan fingerprint density at radius 3 is 2.16 bits per heavy atom. The first-order valence-corrected chi connectivity index (χ1v) is 5.43. The third kappa shape index (κ3) is 9.58. The smallest absolute Gasteiger partial charge is 0.145 e. The summed E-state index contributed by atoms with van der Waals surface area (Å²) >= 11 is 0. The molecule has 1 heterocycles. The molecule has 1 aromatic rings. The minimum Gasteiger partial charge on any atom is -0.468 e. The van der Waals surface area contributed by atoms with Crippen molar-refractivity contribution in [1.82, 2.24) is 4.57 Å². The number of hydrogen-bond donors (Lipinski definition) is 0. The van der Waals surface area contributed by atoms with Gasteiger partial charge in [0.25, 0.3) is 0 Å². The molecule has 0 aliphatic heterocycles. The highest BCUT2D eigenvalue weighted by Crippen LogP contribution is 2.15. The van der Waals surface area contributed by atoms with E-state index in [9.17, 15) is 0 Å². The Kier molecular flexibility index (Phi) is 10.00. The molecule has 6 heteroatoms. The molecule has 0 N–H and O–H groups in total. The fourth-order valence-corrected chi connectivity index (χ4v) is 1.02. The van der Waals surface area contributed by atoms with Gasteiger partial charge in [0.15, 0.2) is 0 Å². The molecule has 0 aromatic carbocycles. The van der Waals surface area contributed by atoms with Crippen LogP contribution in [-0.4, -0.2) is 54.3 Å². The maximum Gasteiger partial charge on any atom is 0.145 e. The molecule has 0 spiro atoms. The summed E-state index contributed by atoms with van der Waals surface area (Å²) < 4.78 is 4.94. The topological polar surface area (TPSA) is 51.5 Å². The second-order valence-corrected chi connectivity index (χ2v) is 3.76. The summed E-state index contributed by atoms with van der Waals surface area (Å²) in [6.45, 7) is 8.94. The molecular weight excluding hydrogens is 240 g/mol.